The summed E-state index contributed by atoms with van der Waals surface area (Å²) in [4.78, 5) is 28.8. The van der Waals surface area contributed by atoms with E-state index < -0.39 is 0 Å². The molecule has 0 radical (unpaired) electrons. The zero-order valence-electron chi connectivity index (χ0n) is 15.8. The zero-order chi connectivity index (χ0) is 19.1. The Balaban J connectivity index is 1.59. The van der Waals surface area contributed by atoms with Crippen molar-refractivity contribution in [1.82, 2.24) is 15.3 Å². The molecular weight excluding hydrogens is 358 g/mol. The van der Waals surface area contributed by atoms with Gasteiger partial charge in [0.25, 0.3) is 5.91 Å². The average Bonchev–Trinajstić information content (AvgIpc) is 2.98. The summed E-state index contributed by atoms with van der Waals surface area (Å²) in [5.74, 6) is -0.415. The van der Waals surface area contributed by atoms with Gasteiger partial charge < -0.3 is 0 Å². The first-order chi connectivity index (χ1) is 13.1. The van der Waals surface area contributed by atoms with Crippen molar-refractivity contribution in [3.63, 3.8) is 0 Å². The summed E-state index contributed by atoms with van der Waals surface area (Å²) in [6.45, 7) is 4.98. The fourth-order valence-corrected chi connectivity index (χ4v) is 4.21. The maximum absolute atomic E-state index is 12.6. The van der Waals surface area contributed by atoms with Crippen LogP contribution in [0.15, 0.2) is 42.5 Å². The number of thiophene rings is 1. The Labute approximate surface area is 165 Å². The number of carbonyl (C=O) groups is 2. The van der Waals surface area contributed by atoms with Crippen LogP contribution in [0.2, 0.25) is 0 Å². The number of hydrazine groups is 1. The van der Waals surface area contributed by atoms with Crippen molar-refractivity contribution < 1.29 is 9.59 Å². The monoisotopic (exact) mass is 385 g/mol. The highest BCUT2D eigenvalue weighted by Crippen LogP contribution is 2.20. The topological polar surface area (TPSA) is 52.7 Å². The molecule has 1 aromatic heterocycles. The van der Waals surface area contributed by atoms with E-state index in [2.05, 4.69) is 10.3 Å². The molecule has 144 valence electrons. The molecule has 2 aromatic rings. The minimum atomic E-state index is -0.228. The number of nitrogens with zero attached hydrogens (tertiary/aromatic N) is 2. The third kappa shape index (κ3) is 5.91. The molecule has 1 saturated heterocycles. The molecule has 1 N–H and O–H groups in total. The lowest BCUT2D eigenvalue weighted by Gasteiger charge is -2.21. The minimum Gasteiger partial charge on any atom is -0.298 e. The van der Waals surface area contributed by atoms with E-state index in [-0.39, 0.29) is 11.8 Å². The predicted molar refractivity (Wildman–Crippen MR) is 108 cm³/mol. The van der Waals surface area contributed by atoms with Crippen LogP contribution in [0.5, 0.6) is 0 Å². The van der Waals surface area contributed by atoms with E-state index in [1.165, 1.54) is 53.8 Å². The van der Waals surface area contributed by atoms with Gasteiger partial charge in [-0.25, -0.2) is 5.01 Å². The number of benzene rings is 1. The molecule has 2 amide bonds. The summed E-state index contributed by atoms with van der Waals surface area (Å²) in [6.07, 6.45) is 5.14. The van der Waals surface area contributed by atoms with Gasteiger partial charge >= 0.3 is 0 Å². The maximum Gasteiger partial charge on any atom is 0.279 e. The van der Waals surface area contributed by atoms with E-state index in [1.54, 1.807) is 0 Å². The van der Waals surface area contributed by atoms with Crippen LogP contribution in [0.3, 0.4) is 0 Å². The highest BCUT2D eigenvalue weighted by Gasteiger charge is 2.17. The number of hydrogen-bond acceptors (Lipinski definition) is 4. The van der Waals surface area contributed by atoms with Crippen LogP contribution < -0.4 is 5.43 Å². The van der Waals surface area contributed by atoms with Gasteiger partial charge in [-0.3, -0.25) is 19.9 Å². The van der Waals surface area contributed by atoms with E-state index >= 15 is 0 Å². The van der Waals surface area contributed by atoms with E-state index in [0.717, 1.165) is 25.2 Å². The van der Waals surface area contributed by atoms with Gasteiger partial charge in [-0.15, -0.1) is 11.3 Å². The van der Waals surface area contributed by atoms with E-state index in [4.69, 9.17) is 0 Å². The molecule has 27 heavy (non-hydrogen) atoms. The lowest BCUT2D eigenvalue weighted by atomic mass is 10.2. The predicted octanol–water partition coefficient (Wildman–Crippen LogP) is 3.82. The first kappa shape index (κ1) is 19.6. The smallest absolute Gasteiger partial charge is 0.279 e. The van der Waals surface area contributed by atoms with Gasteiger partial charge in [0.05, 0.1) is 11.4 Å². The molecule has 1 aliphatic heterocycles. The van der Waals surface area contributed by atoms with Crippen LogP contribution in [0.1, 0.15) is 52.7 Å². The van der Waals surface area contributed by atoms with Crippen LogP contribution >= 0.6 is 11.3 Å². The second-order valence-electron chi connectivity index (χ2n) is 6.99. The first-order valence-corrected chi connectivity index (χ1v) is 10.4. The Bertz CT molecular complexity index is 752. The molecule has 1 aliphatic rings. The number of carbonyl (C=O) groups excluding carboxylic acids is 2. The van der Waals surface area contributed by atoms with Crippen LogP contribution in [0.25, 0.3) is 0 Å². The standard InChI is InChI=1S/C21H27N3O2S/c1-17(25)24(15-18-9-5-4-6-10-18)22-21(26)20-12-11-19(27-20)16-23-13-7-2-3-8-14-23/h4-6,9-12H,2-3,7-8,13-16H2,1H3,(H,22,26). The molecule has 0 spiro atoms. The molecule has 0 aliphatic carbocycles. The average molecular weight is 386 g/mol. The second kappa shape index (κ2) is 9.67. The van der Waals surface area contributed by atoms with Crippen molar-refractivity contribution >= 4 is 23.2 Å². The van der Waals surface area contributed by atoms with Gasteiger partial charge in [-0.05, 0) is 43.6 Å². The number of nitrogens with one attached hydrogen (secondary N) is 1. The molecule has 6 heteroatoms. The lowest BCUT2D eigenvalue weighted by molar-refractivity contribution is -0.131. The summed E-state index contributed by atoms with van der Waals surface area (Å²) >= 11 is 1.51. The lowest BCUT2D eigenvalue weighted by Crippen LogP contribution is -2.44. The third-order valence-electron chi connectivity index (χ3n) is 4.76. The number of hydrogen-bond donors (Lipinski definition) is 1. The van der Waals surface area contributed by atoms with Gasteiger partial charge in [-0.1, -0.05) is 43.2 Å². The zero-order valence-corrected chi connectivity index (χ0v) is 16.6. The van der Waals surface area contributed by atoms with E-state index in [1.807, 2.05) is 42.5 Å². The molecule has 0 saturated carbocycles. The molecule has 0 bridgehead atoms. The SMILES string of the molecule is CC(=O)N(Cc1ccccc1)NC(=O)c1ccc(CN2CCCCCC2)s1. The fraction of sp³-hybridized carbons (Fsp3) is 0.429. The van der Waals surface area contributed by atoms with Crippen molar-refractivity contribution in [3.05, 3.63) is 57.8 Å². The Hall–Kier alpha value is -2.18. The van der Waals surface area contributed by atoms with Gasteiger partial charge in [-0.2, -0.15) is 0 Å². The highest BCUT2D eigenvalue weighted by atomic mass is 32.1. The molecule has 5 nitrogen and oxygen atoms in total. The largest absolute Gasteiger partial charge is 0.298 e. The van der Waals surface area contributed by atoms with Crippen molar-refractivity contribution in [2.45, 2.75) is 45.7 Å². The highest BCUT2D eigenvalue weighted by molar-refractivity contribution is 7.14. The van der Waals surface area contributed by atoms with E-state index in [9.17, 15) is 9.59 Å². The van der Waals surface area contributed by atoms with Crippen molar-refractivity contribution in [1.29, 1.82) is 0 Å². The Morgan fingerprint density at radius 1 is 1.04 bits per heavy atom. The Morgan fingerprint density at radius 2 is 1.74 bits per heavy atom. The third-order valence-corrected chi connectivity index (χ3v) is 5.83. The second-order valence-corrected chi connectivity index (χ2v) is 8.16. The summed E-state index contributed by atoms with van der Waals surface area (Å²) in [5.41, 5.74) is 3.72. The van der Waals surface area contributed by atoms with Crippen molar-refractivity contribution in [2.24, 2.45) is 0 Å². The molecule has 3 rings (SSSR count). The van der Waals surface area contributed by atoms with Crippen LogP contribution in [-0.2, 0) is 17.9 Å². The summed E-state index contributed by atoms with van der Waals surface area (Å²) in [6, 6.07) is 13.5. The molecule has 0 unspecified atom stereocenters. The summed E-state index contributed by atoms with van der Waals surface area (Å²) in [5, 5.41) is 1.37. The summed E-state index contributed by atoms with van der Waals surface area (Å²) < 4.78 is 0. The van der Waals surface area contributed by atoms with E-state index in [0.29, 0.717) is 11.4 Å². The van der Waals surface area contributed by atoms with Crippen molar-refractivity contribution in [3.8, 4) is 0 Å². The van der Waals surface area contributed by atoms with Gasteiger partial charge in [0.1, 0.15) is 0 Å². The minimum absolute atomic E-state index is 0.187. The summed E-state index contributed by atoms with van der Waals surface area (Å²) in [7, 11) is 0. The normalized spacial score (nSPS) is 15.1. The van der Waals surface area contributed by atoms with Gasteiger partial charge in [0, 0.05) is 18.3 Å². The van der Waals surface area contributed by atoms with Gasteiger partial charge in [0.2, 0.25) is 5.91 Å². The van der Waals surface area contributed by atoms with Gasteiger partial charge in [0.15, 0.2) is 0 Å². The molecule has 1 aromatic carbocycles. The number of amides is 2. The maximum atomic E-state index is 12.6. The first-order valence-electron chi connectivity index (χ1n) is 9.56. The molecule has 2 heterocycles. The van der Waals surface area contributed by atoms with Crippen LogP contribution in [-0.4, -0.2) is 34.8 Å². The number of likely N-dealkylation sites (tertiary alicyclic amines) is 1. The molecular formula is C21H27N3O2S. The fourth-order valence-electron chi connectivity index (χ4n) is 3.27. The Morgan fingerprint density at radius 3 is 2.41 bits per heavy atom. The molecule has 1 fully saturated rings. The van der Waals surface area contributed by atoms with Crippen molar-refractivity contribution in [2.75, 3.05) is 13.1 Å². The Kier molecular flexibility index (Phi) is 7.01. The van der Waals surface area contributed by atoms with Crippen LogP contribution in [0, 0.1) is 0 Å². The van der Waals surface area contributed by atoms with Crippen LogP contribution in [0.4, 0.5) is 0 Å². The molecule has 0 atom stereocenters. The quantitative estimate of drug-likeness (QED) is 0.796. The number of rotatable bonds is 5.